The molecule has 4 amide bonds. The Kier molecular flexibility index (Phi) is 4.21. The van der Waals surface area contributed by atoms with Crippen LogP contribution in [0.25, 0.3) is 0 Å². The molecule has 1 atom stereocenters. The van der Waals surface area contributed by atoms with Gasteiger partial charge in [-0.15, -0.1) is 0 Å². The maximum Gasteiger partial charge on any atom is 0.262 e. The van der Waals surface area contributed by atoms with Gasteiger partial charge in [-0.05, 0) is 73.5 Å². The monoisotopic (exact) mass is 436 g/mol. The summed E-state index contributed by atoms with van der Waals surface area (Å²) >= 11 is 0. The fourth-order valence-corrected chi connectivity index (χ4v) is 7.19. The molecule has 3 aliphatic carbocycles. The highest BCUT2D eigenvalue weighted by molar-refractivity contribution is 6.23. The van der Waals surface area contributed by atoms with E-state index in [4.69, 9.17) is 5.73 Å². The molecule has 4 fully saturated rings. The van der Waals surface area contributed by atoms with Crippen LogP contribution in [0.5, 0.6) is 0 Å². The summed E-state index contributed by atoms with van der Waals surface area (Å²) in [6.07, 6.45) is 7.76. The lowest BCUT2D eigenvalue weighted by molar-refractivity contribution is -0.157. The summed E-state index contributed by atoms with van der Waals surface area (Å²) < 4.78 is 0. The van der Waals surface area contributed by atoms with Crippen molar-refractivity contribution < 1.29 is 19.2 Å². The van der Waals surface area contributed by atoms with Crippen LogP contribution in [0.3, 0.4) is 0 Å². The highest BCUT2D eigenvalue weighted by Crippen LogP contribution is 2.70. The lowest BCUT2D eigenvalue weighted by atomic mass is 9.38. The van der Waals surface area contributed by atoms with Crippen molar-refractivity contribution in [3.05, 3.63) is 34.9 Å². The summed E-state index contributed by atoms with van der Waals surface area (Å²) in [4.78, 5) is 50.4. The number of imide groups is 2. The van der Waals surface area contributed by atoms with E-state index in [-0.39, 0.29) is 18.7 Å². The van der Waals surface area contributed by atoms with Gasteiger partial charge in [-0.2, -0.15) is 0 Å². The SMILES string of the molecule is NC1CC2(C1)CC1(CC(NCc3ccc4c(c3)C(=O)N(C3CCC(=O)NC3=O)C4=O)C1)C2. The zero-order valence-electron chi connectivity index (χ0n) is 18.0. The van der Waals surface area contributed by atoms with Gasteiger partial charge in [0.1, 0.15) is 6.04 Å². The van der Waals surface area contributed by atoms with E-state index >= 15 is 0 Å². The van der Waals surface area contributed by atoms with Crippen molar-refractivity contribution in [2.24, 2.45) is 16.6 Å². The van der Waals surface area contributed by atoms with Crippen molar-refractivity contribution >= 4 is 23.6 Å². The van der Waals surface area contributed by atoms with E-state index in [2.05, 4.69) is 10.6 Å². The van der Waals surface area contributed by atoms with Crippen LogP contribution in [-0.2, 0) is 16.1 Å². The molecule has 1 aromatic carbocycles. The van der Waals surface area contributed by atoms with Crippen LogP contribution >= 0.6 is 0 Å². The number of rotatable bonds is 4. The number of carbonyl (C=O) groups is 4. The molecule has 4 N–H and O–H groups in total. The fourth-order valence-electron chi connectivity index (χ4n) is 7.19. The molecule has 2 heterocycles. The summed E-state index contributed by atoms with van der Waals surface area (Å²) in [6, 6.07) is 5.29. The predicted octanol–water partition coefficient (Wildman–Crippen LogP) is 1.23. The highest BCUT2D eigenvalue weighted by Gasteiger charge is 2.63. The third-order valence-corrected chi connectivity index (χ3v) is 8.35. The molecule has 6 rings (SSSR count). The van der Waals surface area contributed by atoms with E-state index in [1.807, 2.05) is 6.07 Å². The van der Waals surface area contributed by atoms with Gasteiger partial charge in [0.15, 0.2) is 0 Å². The van der Waals surface area contributed by atoms with Crippen LogP contribution in [0.15, 0.2) is 18.2 Å². The summed E-state index contributed by atoms with van der Waals surface area (Å²) in [5.74, 6) is -1.88. The smallest absolute Gasteiger partial charge is 0.262 e. The van der Waals surface area contributed by atoms with Crippen molar-refractivity contribution in [2.45, 2.75) is 76.0 Å². The van der Waals surface area contributed by atoms with Crippen LogP contribution in [-0.4, -0.2) is 46.7 Å². The molecule has 168 valence electrons. The topological polar surface area (TPSA) is 122 Å². The summed E-state index contributed by atoms with van der Waals surface area (Å²) in [6.45, 7) is 0.643. The Balaban J connectivity index is 1.07. The van der Waals surface area contributed by atoms with Crippen LogP contribution in [0, 0.1) is 10.8 Å². The van der Waals surface area contributed by atoms with Crippen LogP contribution < -0.4 is 16.4 Å². The molecule has 8 heteroatoms. The van der Waals surface area contributed by atoms with Gasteiger partial charge >= 0.3 is 0 Å². The third-order valence-electron chi connectivity index (χ3n) is 8.35. The second kappa shape index (κ2) is 6.71. The number of nitrogens with one attached hydrogen (secondary N) is 2. The summed E-state index contributed by atoms with van der Waals surface area (Å²) in [5.41, 5.74) is 8.68. The van der Waals surface area contributed by atoms with Gasteiger partial charge in [0.2, 0.25) is 11.8 Å². The van der Waals surface area contributed by atoms with Gasteiger partial charge in [0.25, 0.3) is 11.8 Å². The van der Waals surface area contributed by atoms with Gasteiger partial charge in [0.05, 0.1) is 11.1 Å². The van der Waals surface area contributed by atoms with E-state index < -0.39 is 23.8 Å². The largest absolute Gasteiger partial charge is 0.328 e. The summed E-state index contributed by atoms with van der Waals surface area (Å²) in [5, 5.41) is 5.82. The first kappa shape index (κ1) is 20.1. The molecule has 1 saturated heterocycles. The minimum atomic E-state index is -0.927. The van der Waals surface area contributed by atoms with Crippen molar-refractivity contribution in [1.82, 2.24) is 15.5 Å². The van der Waals surface area contributed by atoms with Gasteiger partial charge < -0.3 is 11.1 Å². The third kappa shape index (κ3) is 2.96. The first-order valence-electron chi connectivity index (χ1n) is 11.6. The van der Waals surface area contributed by atoms with E-state index in [9.17, 15) is 19.2 Å². The standard InChI is InChI=1S/C24H28N4O4/c25-14-6-23(7-14)11-24(12-23)8-15(9-24)26-10-13-1-2-16-17(5-13)22(32)28(21(16)31)18-3-4-19(29)27-20(18)30/h1-2,5,14-15,18,26H,3-4,6-12,25H2,(H,27,29,30). The van der Waals surface area contributed by atoms with Crippen LogP contribution in [0.4, 0.5) is 0 Å². The Hall–Kier alpha value is -2.58. The number of piperidine rings is 1. The molecule has 3 saturated carbocycles. The zero-order valence-corrected chi connectivity index (χ0v) is 18.0. The molecular formula is C24H28N4O4. The molecular weight excluding hydrogens is 408 g/mol. The maximum absolute atomic E-state index is 13.0. The maximum atomic E-state index is 13.0. The Morgan fingerprint density at radius 2 is 1.69 bits per heavy atom. The normalized spacial score (nSPS) is 37.8. The van der Waals surface area contributed by atoms with E-state index in [0.717, 1.165) is 10.5 Å². The molecule has 2 spiro atoms. The van der Waals surface area contributed by atoms with E-state index in [0.29, 0.717) is 40.6 Å². The number of hydrogen-bond donors (Lipinski definition) is 3. The molecule has 1 unspecified atom stereocenters. The quantitative estimate of drug-likeness (QED) is 0.611. The van der Waals surface area contributed by atoms with E-state index in [1.54, 1.807) is 12.1 Å². The Morgan fingerprint density at radius 1 is 1.00 bits per heavy atom. The first-order chi connectivity index (χ1) is 15.3. The molecule has 1 aromatic rings. The lowest BCUT2D eigenvalue weighted by Crippen LogP contribution is -2.64. The number of amides is 4. The molecule has 0 radical (unpaired) electrons. The van der Waals surface area contributed by atoms with Gasteiger partial charge in [-0.3, -0.25) is 29.4 Å². The molecule has 8 nitrogen and oxygen atoms in total. The molecule has 2 aliphatic heterocycles. The van der Waals surface area contributed by atoms with Gasteiger partial charge in [-0.25, -0.2) is 0 Å². The minimum absolute atomic E-state index is 0.121. The molecule has 32 heavy (non-hydrogen) atoms. The van der Waals surface area contributed by atoms with Crippen LogP contribution in [0.2, 0.25) is 0 Å². The first-order valence-corrected chi connectivity index (χ1v) is 11.6. The van der Waals surface area contributed by atoms with E-state index in [1.165, 1.54) is 38.5 Å². The number of benzene rings is 1. The van der Waals surface area contributed by atoms with Crippen molar-refractivity contribution in [2.75, 3.05) is 0 Å². The van der Waals surface area contributed by atoms with Crippen molar-refractivity contribution in [1.29, 1.82) is 0 Å². The number of nitrogens with zero attached hydrogens (tertiary/aromatic N) is 1. The molecule has 0 aromatic heterocycles. The lowest BCUT2D eigenvalue weighted by Gasteiger charge is -2.68. The predicted molar refractivity (Wildman–Crippen MR) is 114 cm³/mol. The highest BCUT2D eigenvalue weighted by atomic mass is 16.2. The second-order valence-corrected chi connectivity index (χ2v) is 10.8. The van der Waals surface area contributed by atoms with Crippen molar-refractivity contribution in [3.8, 4) is 0 Å². The summed E-state index contributed by atoms with van der Waals surface area (Å²) in [7, 11) is 0. The molecule has 0 bridgehead atoms. The fraction of sp³-hybridized carbons (Fsp3) is 0.583. The number of hydrogen-bond acceptors (Lipinski definition) is 6. The zero-order chi connectivity index (χ0) is 22.3. The molecule has 5 aliphatic rings. The number of fused-ring (bicyclic) bond motifs is 1. The van der Waals surface area contributed by atoms with Crippen molar-refractivity contribution in [3.63, 3.8) is 0 Å². The average Bonchev–Trinajstić information content (AvgIpc) is 2.91. The van der Waals surface area contributed by atoms with Gasteiger partial charge in [0, 0.05) is 25.0 Å². The number of nitrogens with two attached hydrogens (primary N) is 1. The Bertz CT molecular complexity index is 1040. The van der Waals surface area contributed by atoms with Crippen LogP contribution in [0.1, 0.15) is 77.6 Å². The Morgan fingerprint density at radius 3 is 2.38 bits per heavy atom. The minimum Gasteiger partial charge on any atom is -0.328 e. The average molecular weight is 437 g/mol. The second-order valence-electron chi connectivity index (χ2n) is 10.8. The Labute approximate surface area is 186 Å². The van der Waals surface area contributed by atoms with Gasteiger partial charge in [-0.1, -0.05) is 6.07 Å². The number of carbonyl (C=O) groups excluding carboxylic acids is 4.